The Hall–Kier alpha value is -1.10. The third-order valence-corrected chi connectivity index (χ3v) is 5.42. The van der Waals surface area contributed by atoms with Crippen molar-refractivity contribution in [3.05, 3.63) is 0 Å². The largest absolute Gasteiger partial charge is 0.481 e. The lowest BCUT2D eigenvalue weighted by atomic mass is 9.89. The van der Waals surface area contributed by atoms with Crippen molar-refractivity contribution in [2.24, 2.45) is 5.92 Å². The van der Waals surface area contributed by atoms with Crippen molar-refractivity contribution in [2.75, 3.05) is 6.54 Å². The number of amides is 1. The first-order valence-electron chi connectivity index (χ1n) is 7.89. The number of carbonyl (C=O) groups is 2. The molecule has 20 heavy (non-hydrogen) atoms. The maximum Gasteiger partial charge on any atom is 0.308 e. The number of aliphatic carboxylic acids is 1. The number of hydrogen-bond acceptors (Lipinski definition) is 3. The highest BCUT2D eigenvalue weighted by Gasteiger charge is 2.55. The first-order chi connectivity index (χ1) is 9.59. The van der Waals surface area contributed by atoms with Crippen molar-refractivity contribution >= 4 is 11.9 Å². The Morgan fingerprint density at radius 1 is 1.40 bits per heavy atom. The normalized spacial score (nSPS) is 39.5. The molecular weight excluding hydrogens is 256 g/mol. The van der Waals surface area contributed by atoms with Gasteiger partial charge in [0.1, 0.15) is 0 Å². The molecule has 0 aromatic heterocycles. The van der Waals surface area contributed by atoms with Gasteiger partial charge in [-0.25, -0.2) is 0 Å². The Bertz CT molecular complexity index is 417. The van der Waals surface area contributed by atoms with Crippen molar-refractivity contribution < 1.29 is 14.7 Å². The molecule has 3 aliphatic rings. The fourth-order valence-electron chi connectivity index (χ4n) is 4.55. The minimum Gasteiger partial charge on any atom is -0.481 e. The van der Waals surface area contributed by atoms with Crippen molar-refractivity contribution in [1.82, 2.24) is 10.2 Å². The van der Waals surface area contributed by atoms with Crippen LogP contribution in [-0.4, -0.2) is 46.1 Å². The molecule has 3 saturated heterocycles. The molecule has 2 bridgehead atoms. The molecule has 112 valence electrons. The Kier molecular flexibility index (Phi) is 3.48. The van der Waals surface area contributed by atoms with Gasteiger partial charge in [0.15, 0.2) is 0 Å². The van der Waals surface area contributed by atoms with Crippen LogP contribution >= 0.6 is 0 Å². The van der Waals surface area contributed by atoms with Gasteiger partial charge in [0.2, 0.25) is 5.91 Å². The Morgan fingerprint density at radius 3 is 2.75 bits per heavy atom. The molecule has 0 spiro atoms. The maximum absolute atomic E-state index is 13.1. The van der Waals surface area contributed by atoms with Crippen LogP contribution in [0.2, 0.25) is 0 Å². The van der Waals surface area contributed by atoms with Crippen molar-refractivity contribution in [2.45, 2.75) is 69.5 Å². The molecule has 0 radical (unpaired) electrons. The van der Waals surface area contributed by atoms with Crippen LogP contribution in [0.4, 0.5) is 0 Å². The van der Waals surface area contributed by atoms with Gasteiger partial charge < -0.3 is 15.3 Å². The van der Waals surface area contributed by atoms with Crippen LogP contribution in [0, 0.1) is 5.92 Å². The van der Waals surface area contributed by atoms with Gasteiger partial charge in [-0.2, -0.15) is 0 Å². The van der Waals surface area contributed by atoms with E-state index >= 15 is 0 Å². The summed E-state index contributed by atoms with van der Waals surface area (Å²) in [6.07, 6.45) is 6.25. The number of carboxylic acid groups (broad SMARTS) is 1. The number of carbonyl (C=O) groups excluding carboxylic acids is 1. The molecule has 0 aromatic rings. The predicted octanol–water partition coefficient (Wildman–Crippen LogP) is 1.37. The first-order valence-corrected chi connectivity index (χ1v) is 7.89. The minimum atomic E-state index is -0.737. The maximum atomic E-state index is 13.1. The summed E-state index contributed by atoms with van der Waals surface area (Å²) in [5.74, 6) is -0.912. The highest BCUT2D eigenvalue weighted by Crippen LogP contribution is 2.44. The lowest BCUT2D eigenvalue weighted by Crippen LogP contribution is -2.56. The first kappa shape index (κ1) is 13.9. The fourth-order valence-corrected chi connectivity index (χ4v) is 4.55. The molecule has 0 saturated carbocycles. The number of carboxylic acids is 1. The minimum absolute atomic E-state index is 0.0684. The van der Waals surface area contributed by atoms with Crippen LogP contribution in [0.1, 0.15) is 51.9 Å². The van der Waals surface area contributed by atoms with Crippen molar-refractivity contribution in [3.8, 4) is 0 Å². The van der Waals surface area contributed by atoms with Gasteiger partial charge in [0.25, 0.3) is 0 Å². The molecule has 4 atom stereocenters. The summed E-state index contributed by atoms with van der Waals surface area (Å²) in [6.45, 7) is 3.00. The molecular formula is C15H24N2O3. The van der Waals surface area contributed by atoms with Gasteiger partial charge in [-0.1, -0.05) is 13.3 Å². The second-order valence-electron chi connectivity index (χ2n) is 6.55. The zero-order chi connectivity index (χ0) is 14.3. The van der Waals surface area contributed by atoms with Crippen LogP contribution in [-0.2, 0) is 9.59 Å². The van der Waals surface area contributed by atoms with E-state index in [-0.39, 0.29) is 23.9 Å². The molecule has 0 aliphatic carbocycles. The van der Waals surface area contributed by atoms with Gasteiger partial charge in [0.05, 0.1) is 11.5 Å². The molecule has 4 unspecified atom stereocenters. The molecule has 0 aromatic carbocycles. The van der Waals surface area contributed by atoms with Crippen LogP contribution in [0.15, 0.2) is 0 Å². The summed E-state index contributed by atoms with van der Waals surface area (Å²) in [7, 11) is 0. The zero-order valence-electron chi connectivity index (χ0n) is 12.1. The standard InChI is InChI=1S/C15H24N2O3/c1-2-6-15(7-3-8-16-15)14(20)17-10-4-5-12(17)11(9-10)13(18)19/h10-12,16H,2-9H2,1H3,(H,18,19). The van der Waals surface area contributed by atoms with Crippen LogP contribution in [0.5, 0.6) is 0 Å². The van der Waals surface area contributed by atoms with Crippen molar-refractivity contribution in [1.29, 1.82) is 0 Å². The summed E-state index contributed by atoms with van der Waals surface area (Å²) in [5.41, 5.74) is -0.414. The van der Waals surface area contributed by atoms with Crippen LogP contribution < -0.4 is 5.32 Å². The molecule has 2 N–H and O–H groups in total. The number of hydrogen-bond donors (Lipinski definition) is 2. The SMILES string of the molecule is CCCC1(C(=O)N2C3CCC2C(C(=O)O)C3)CCCN1. The smallest absolute Gasteiger partial charge is 0.308 e. The van der Waals surface area contributed by atoms with E-state index in [2.05, 4.69) is 12.2 Å². The lowest BCUT2D eigenvalue weighted by Gasteiger charge is -2.35. The fraction of sp³-hybridized carbons (Fsp3) is 0.867. The molecule has 3 aliphatic heterocycles. The lowest BCUT2D eigenvalue weighted by molar-refractivity contribution is -0.144. The summed E-state index contributed by atoms with van der Waals surface area (Å²) in [6, 6.07) is 0.0888. The highest BCUT2D eigenvalue weighted by atomic mass is 16.4. The average molecular weight is 280 g/mol. The predicted molar refractivity (Wildman–Crippen MR) is 74.3 cm³/mol. The third-order valence-electron chi connectivity index (χ3n) is 5.42. The van der Waals surface area contributed by atoms with Gasteiger partial charge in [-0.15, -0.1) is 0 Å². The molecule has 3 heterocycles. The Labute approximate surface area is 119 Å². The molecule has 5 nitrogen and oxygen atoms in total. The summed E-state index contributed by atoms with van der Waals surface area (Å²) >= 11 is 0. The van der Waals surface area contributed by atoms with E-state index in [1.165, 1.54) is 0 Å². The van der Waals surface area contributed by atoms with Crippen LogP contribution in [0.3, 0.4) is 0 Å². The third kappa shape index (κ3) is 1.94. The van der Waals surface area contributed by atoms with E-state index < -0.39 is 11.5 Å². The number of nitrogens with one attached hydrogen (secondary N) is 1. The van der Waals surface area contributed by atoms with E-state index in [0.717, 1.165) is 45.1 Å². The van der Waals surface area contributed by atoms with Gasteiger partial charge in [-0.05, 0) is 45.1 Å². The highest BCUT2D eigenvalue weighted by molar-refractivity contribution is 5.89. The van der Waals surface area contributed by atoms with Gasteiger partial charge in [-0.3, -0.25) is 9.59 Å². The summed E-state index contributed by atoms with van der Waals surface area (Å²) in [5, 5.41) is 12.7. The number of rotatable bonds is 4. The van der Waals surface area contributed by atoms with E-state index in [9.17, 15) is 14.7 Å². The second kappa shape index (κ2) is 5.02. The topological polar surface area (TPSA) is 69.6 Å². The number of nitrogens with zero attached hydrogens (tertiary/aromatic N) is 1. The molecule has 3 rings (SSSR count). The summed E-state index contributed by atoms with van der Waals surface area (Å²) < 4.78 is 0. The van der Waals surface area contributed by atoms with E-state index in [4.69, 9.17) is 0 Å². The zero-order valence-corrected chi connectivity index (χ0v) is 12.1. The molecule has 5 heteroatoms. The van der Waals surface area contributed by atoms with Crippen LogP contribution in [0.25, 0.3) is 0 Å². The van der Waals surface area contributed by atoms with Crippen molar-refractivity contribution in [3.63, 3.8) is 0 Å². The van der Waals surface area contributed by atoms with Gasteiger partial charge in [0, 0.05) is 12.1 Å². The molecule has 1 amide bonds. The Balaban J connectivity index is 1.82. The van der Waals surface area contributed by atoms with Gasteiger partial charge >= 0.3 is 5.97 Å². The second-order valence-corrected chi connectivity index (χ2v) is 6.55. The Morgan fingerprint density at radius 2 is 2.20 bits per heavy atom. The summed E-state index contributed by atoms with van der Waals surface area (Å²) in [4.78, 5) is 26.3. The van der Waals surface area contributed by atoms with E-state index in [1.807, 2.05) is 4.90 Å². The monoisotopic (exact) mass is 280 g/mol. The number of fused-ring (bicyclic) bond motifs is 2. The average Bonchev–Trinajstić information content (AvgIpc) is 3.12. The quantitative estimate of drug-likeness (QED) is 0.816. The van der Waals surface area contributed by atoms with E-state index in [0.29, 0.717) is 6.42 Å². The molecule has 3 fully saturated rings. The van der Waals surface area contributed by atoms with E-state index in [1.54, 1.807) is 0 Å².